The van der Waals surface area contributed by atoms with Crippen LogP contribution in [0.3, 0.4) is 0 Å². The summed E-state index contributed by atoms with van der Waals surface area (Å²) in [7, 11) is -2.94. The van der Waals surface area contributed by atoms with Gasteiger partial charge in [0.15, 0.2) is 58.2 Å². The number of rotatable bonds is 5. The van der Waals surface area contributed by atoms with Crippen molar-refractivity contribution in [2.75, 3.05) is 0 Å². The summed E-state index contributed by atoms with van der Waals surface area (Å²) in [6.07, 6.45) is 1.51. The maximum Gasteiger partial charge on any atom is 0.257 e. The van der Waals surface area contributed by atoms with Crippen LogP contribution in [-0.2, 0) is 0 Å². The Balaban J connectivity index is 2.01. The molecule has 0 saturated carbocycles. The summed E-state index contributed by atoms with van der Waals surface area (Å²) >= 11 is 0. The maximum absolute atomic E-state index is 15.4. The summed E-state index contributed by atoms with van der Waals surface area (Å²) in [5, 5.41) is 0.508. The topological polar surface area (TPSA) is 0 Å². The van der Waals surface area contributed by atoms with Crippen molar-refractivity contribution in [2.45, 2.75) is 13.1 Å². The highest BCUT2D eigenvalue weighted by Gasteiger charge is 2.52. The van der Waals surface area contributed by atoms with E-state index in [9.17, 15) is 26.3 Å². The Bertz CT molecular complexity index is 1670. The molecule has 0 fully saturated rings. The number of benzene rings is 4. The zero-order valence-electron chi connectivity index (χ0n) is 21.7. The van der Waals surface area contributed by atoms with Gasteiger partial charge >= 0.3 is 0 Å². The molecule has 0 amide bonds. The Morgan fingerprint density at radius 1 is 0.500 bits per heavy atom. The van der Waals surface area contributed by atoms with Gasteiger partial charge in [-0.15, -0.1) is 0 Å². The summed E-state index contributed by atoms with van der Waals surface area (Å²) < 4.78 is 148. The Morgan fingerprint density at radius 3 is 1.26 bits per heavy atom. The summed E-state index contributed by atoms with van der Waals surface area (Å²) in [6, 6.07) is 16.1. The molecule has 214 valence electrons. The van der Waals surface area contributed by atoms with Gasteiger partial charge in [-0.2, -0.15) is 0 Å². The monoisotopic (exact) mass is 606 g/mol. The van der Waals surface area contributed by atoms with E-state index in [0.29, 0.717) is 11.1 Å². The van der Waals surface area contributed by atoms with E-state index < -0.39 is 83.9 Å². The predicted molar refractivity (Wildman–Crippen MR) is 143 cm³/mol. The number of hydrogen-bond donors (Lipinski definition) is 0. The first-order valence-electron chi connectivity index (χ1n) is 12.4. The van der Waals surface area contributed by atoms with E-state index in [2.05, 4.69) is 0 Å². The third-order valence-electron chi connectivity index (χ3n) is 7.38. The summed E-state index contributed by atoms with van der Waals surface area (Å²) in [5.41, 5.74) is -2.94. The molecule has 1 aliphatic heterocycles. The normalized spacial score (nSPS) is 15.3. The van der Waals surface area contributed by atoms with Gasteiger partial charge < -0.3 is 0 Å². The Labute approximate surface area is 234 Å². The van der Waals surface area contributed by atoms with Gasteiger partial charge in [-0.1, -0.05) is 95.7 Å². The van der Waals surface area contributed by atoms with Crippen LogP contribution in [0.2, 0.25) is 13.1 Å². The first kappa shape index (κ1) is 29.4. The van der Waals surface area contributed by atoms with Gasteiger partial charge in [0.1, 0.15) is 8.07 Å². The molecule has 4 aromatic carbocycles. The minimum atomic E-state index is -2.94. The van der Waals surface area contributed by atoms with Crippen molar-refractivity contribution in [1.29, 1.82) is 0 Å². The SMILES string of the molecule is C[Si]1(C)C(c2ccccc2)=C(B(c2c(F)c(F)c(F)c(F)c2F)c2c(F)c(F)c(F)c(F)c2F)/C1=C/c1ccccc1. The highest BCUT2D eigenvalue weighted by atomic mass is 28.3. The highest BCUT2D eigenvalue weighted by molar-refractivity contribution is 7.13. The number of halogens is 10. The molecule has 0 saturated heterocycles. The number of hydrogen-bond acceptors (Lipinski definition) is 0. The van der Waals surface area contributed by atoms with Crippen LogP contribution in [0.1, 0.15) is 11.1 Å². The second-order valence-corrected chi connectivity index (χ2v) is 14.4. The minimum absolute atomic E-state index is 0.241. The molecule has 4 aromatic rings. The molecule has 12 heteroatoms. The van der Waals surface area contributed by atoms with Crippen molar-refractivity contribution in [1.82, 2.24) is 0 Å². The molecular formula is C30H17BF10Si. The van der Waals surface area contributed by atoms with Crippen molar-refractivity contribution in [3.05, 3.63) is 141 Å². The van der Waals surface area contributed by atoms with Crippen LogP contribution >= 0.6 is 0 Å². The Kier molecular flexibility index (Phi) is 7.46. The molecular weight excluding hydrogens is 589 g/mol. The van der Waals surface area contributed by atoms with Gasteiger partial charge in [0.05, 0.1) is 0 Å². The van der Waals surface area contributed by atoms with Crippen LogP contribution in [0.15, 0.2) is 71.3 Å². The first-order valence-corrected chi connectivity index (χ1v) is 15.4. The fraction of sp³-hybridized carbons (Fsp3) is 0.0667. The van der Waals surface area contributed by atoms with Gasteiger partial charge in [0.25, 0.3) is 6.71 Å². The zero-order valence-corrected chi connectivity index (χ0v) is 22.7. The maximum atomic E-state index is 15.4. The molecule has 0 bridgehead atoms. The molecule has 0 radical (unpaired) electrons. The molecule has 0 aromatic heterocycles. The molecule has 0 aliphatic carbocycles. The fourth-order valence-electron chi connectivity index (χ4n) is 5.46. The third-order valence-corrected chi connectivity index (χ3v) is 11.0. The highest BCUT2D eigenvalue weighted by Crippen LogP contribution is 2.50. The molecule has 0 spiro atoms. The van der Waals surface area contributed by atoms with E-state index in [0.717, 1.165) is 0 Å². The largest absolute Gasteiger partial charge is 0.257 e. The van der Waals surface area contributed by atoms with Gasteiger partial charge in [-0.3, -0.25) is 0 Å². The second kappa shape index (κ2) is 10.6. The molecule has 1 heterocycles. The standard InChI is InChI=1S/C30H17BF10Si/c1-42(2)16(13-14-9-5-3-6-10-14)17(30(42)15-11-7-4-8-12-15)31(18-20(32)24(36)28(40)25(37)21(18)33)19-22(34)26(38)29(41)27(39)23(19)35/h3-13H,1-2H3/b16-13-. The van der Waals surface area contributed by atoms with E-state index >= 15 is 17.6 Å². The molecule has 0 N–H and O–H groups in total. The van der Waals surface area contributed by atoms with Crippen molar-refractivity contribution in [2.24, 2.45) is 0 Å². The van der Waals surface area contributed by atoms with Crippen molar-refractivity contribution >= 4 is 37.0 Å². The molecule has 0 unspecified atom stereocenters. The van der Waals surface area contributed by atoms with E-state index in [-0.39, 0.29) is 15.9 Å². The molecule has 0 nitrogen and oxygen atoms in total. The zero-order chi connectivity index (χ0) is 30.7. The average molecular weight is 606 g/mol. The quantitative estimate of drug-likeness (QED) is 0.0953. The smallest absolute Gasteiger partial charge is 0.204 e. The lowest BCUT2D eigenvalue weighted by Crippen LogP contribution is -2.59. The summed E-state index contributed by atoms with van der Waals surface area (Å²) in [4.78, 5) is 0. The minimum Gasteiger partial charge on any atom is -0.204 e. The van der Waals surface area contributed by atoms with E-state index in [4.69, 9.17) is 0 Å². The van der Waals surface area contributed by atoms with Crippen molar-refractivity contribution in [3.63, 3.8) is 0 Å². The van der Waals surface area contributed by atoms with Gasteiger partial charge in [-0.05, 0) is 11.1 Å². The molecule has 5 rings (SSSR count). The lowest BCUT2D eigenvalue weighted by atomic mass is 9.35. The predicted octanol–water partition coefficient (Wildman–Crippen LogP) is 7.56. The van der Waals surface area contributed by atoms with Gasteiger partial charge in [-0.25, -0.2) is 43.9 Å². The van der Waals surface area contributed by atoms with Crippen LogP contribution in [0.4, 0.5) is 43.9 Å². The third kappa shape index (κ3) is 4.39. The van der Waals surface area contributed by atoms with E-state index in [1.54, 1.807) is 73.8 Å². The molecule has 0 atom stereocenters. The number of allylic oxidation sites excluding steroid dienone is 2. The van der Waals surface area contributed by atoms with E-state index in [1.807, 2.05) is 0 Å². The van der Waals surface area contributed by atoms with Crippen molar-refractivity contribution in [3.8, 4) is 0 Å². The van der Waals surface area contributed by atoms with Crippen LogP contribution in [0.5, 0.6) is 0 Å². The van der Waals surface area contributed by atoms with Crippen LogP contribution in [-0.4, -0.2) is 14.8 Å². The van der Waals surface area contributed by atoms with Crippen LogP contribution < -0.4 is 10.9 Å². The Morgan fingerprint density at radius 2 is 0.857 bits per heavy atom. The van der Waals surface area contributed by atoms with Gasteiger partial charge in [0, 0.05) is 10.9 Å². The first-order chi connectivity index (χ1) is 19.8. The van der Waals surface area contributed by atoms with Crippen molar-refractivity contribution < 1.29 is 43.9 Å². The second-order valence-electron chi connectivity index (χ2n) is 10.1. The molecule has 1 aliphatic rings. The van der Waals surface area contributed by atoms with Crippen LogP contribution in [0.25, 0.3) is 11.3 Å². The summed E-state index contributed by atoms with van der Waals surface area (Å²) in [6.45, 7) is 0.911. The summed E-state index contributed by atoms with van der Waals surface area (Å²) in [5.74, 6) is -24.7. The van der Waals surface area contributed by atoms with E-state index in [1.165, 1.54) is 6.08 Å². The molecule has 42 heavy (non-hydrogen) atoms. The fourth-order valence-corrected chi connectivity index (χ4v) is 8.85. The average Bonchev–Trinajstić information content (AvgIpc) is 2.99. The lowest BCUT2D eigenvalue weighted by molar-refractivity contribution is 0.382. The van der Waals surface area contributed by atoms with Gasteiger partial charge in [0.2, 0.25) is 0 Å². The lowest BCUT2D eigenvalue weighted by Gasteiger charge is -2.46. The Hall–Kier alpha value is -4.06. The van der Waals surface area contributed by atoms with Crippen LogP contribution in [0, 0.1) is 58.2 Å².